The number of aromatic amines is 1. The fraction of sp³-hybridized carbons (Fsp3) is 0.333. The van der Waals surface area contributed by atoms with E-state index < -0.39 is 0 Å². The van der Waals surface area contributed by atoms with E-state index >= 15 is 0 Å². The van der Waals surface area contributed by atoms with Crippen LogP contribution >= 0.6 is 0 Å². The smallest absolute Gasteiger partial charge is 0.202 e. The van der Waals surface area contributed by atoms with Gasteiger partial charge in [0.25, 0.3) is 0 Å². The Morgan fingerprint density at radius 3 is 2.27 bits per heavy atom. The van der Waals surface area contributed by atoms with Gasteiger partial charge in [0.1, 0.15) is 0 Å². The van der Waals surface area contributed by atoms with Crippen molar-refractivity contribution in [3.63, 3.8) is 0 Å². The van der Waals surface area contributed by atoms with E-state index in [1.54, 1.807) is 4.57 Å². The quantitative estimate of drug-likeness (QED) is 0.638. The van der Waals surface area contributed by atoms with E-state index in [1.807, 2.05) is 18.2 Å². The first-order valence-corrected chi connectivity index (χ1v) is 7.81. The van der Waals surface area contributed by atoms with Crippen LogP contribution in [0.2, 0.25) is 0 Å². The van der Waals surface area contributed by atoms with Crippen molar-refractivity contribution in [3.05, 3.63) is 40.6 Å². The van der Waals surface area contributed by atoms with E-state index in [2.05, 4.69) is 18.8 Å². The first-order chi connectivity index (χ1) is 10.6. The van der Waals surface area contributed by atoms with Gasteiger partial charge in [-0.3, -0.25) is 4.57 Å². The van der Waals surface area contributed by atoms with Crippen molar-refractivity contribution in [1.29, 1.82) is 0 Å². The van der Waals surface area contributed by atoms with Crippen molar-refractivity contribution in [2.75, 3.05) is 0 Å². The van der Waals surface area contributed by atoms with E-state index in [4.69, 9.17) is 0 Å². The Labute approximate surface area is 129 Å². The largest absolute Gasteiger partial charge is 0.494 e. The van der Waals surface area contributed by atoms with Gasteiger partial charge in [-0.05, 0) is 63.3 Å². The highest BCUT2D eigenvalue weighted by atomic mass is 16.3. The van der Waals surface area contributed by atoms with E-state index in [1.165, 1.54) is 5.56 Å². The summed E-state index contributed by atoms with van der Waals surface area (Å²) in [6, 6.07) is 5.96. The van der Waals surface area contributed by atoms with E-state index in [0.29, 0.717) is 0 Å². The Morgan fingerprint density at radius 2 is 1.64 bits per heavy atom. The van der Waals surface area contributed by atoms with Gasteiger partial charge in [0, 0.05) is 27.7 Å². The summed E-state index contributed by atoms with van der Waals surface area (Å²) in [5, 5.41) is 22.2. The summed E-state index contributed by atoms with van der Waals surface area (Å²) >= 11 is 0. The van der Waals surface area contributed by atoms with Crippen molar-refractivity contribution in [3.8, 4) is 17.4 Å². The average molecular weight is 296 g/mol. The van der Waals surface area contributed by atoms with Crippen molar-refractivity contribution in [2.45, 2.75) is 39.5 Å². The Balaban J connectivity index is 1.95. The van der Waals surface area contributed by atoms with Gasteiger partial charge in [0.2, 0.25) is 11.8 Å². The topological polar surface area (TPSA) is 61.2 Å². The Hall–Kier alpha value is -2.36. The number of benzene rings is 1. The van der Waals surface area contributed by atoms with Crippen molar-refractivity contribution >= 4 is 10.9 Å². The molecule has 3 N–H and O–H groups in total. The molecule has 0 bridgehead atoms. The SMILES string of the molecule is Cc1[nH]c2ccc(-n3c(O)c4c(c3O)CCCC4)cc2c1C. The summed E-state index contributed by atoms with van der Waals surface area (Å²) in [6.45, 7) is 4.14. The van der Waals surface area contributed by atoms with Crippen LogP contribution in [-0.4, -0.2) is 19.8 Å². The number of H-pyrrole nitrogens is 1. The summed E-state index contributed by atoms with van der Waals surface area (Å²) in [7, 11) is 0. The molecule has 0 fully saturated rings. The number of fused-ring (bicyclic) bond motifs is 2. The minimum absolute atomic E-state index is 0.191. The molecule has 0 radical (unpaired) electrons. The maximum absolute atomic E-state index is 10.6. The molecule has 0 saturated heterocycles. The first kappa shape index (κ1) is 13.3. The molecule has 1 aromatic carbocycles. The monoisotopic (exact) mass is 296 g/mol. The van der Waals surface area contributed by atoms with Gasteiger partial charge in [-0.1, -0.05) is 0 Å². The molecule has 3 aromatic rings. The van der Waals surface area contributed by atoms with Crippen LogP contribution in [0.1, 0.15) is 35.2 Å². The molecule has 0 amide bonds. The van der Waals surface area contributed by atoms with Crippen LogP contribution in [0.3, 0.4) is 0 Å². The molecule has 2 aromatic heterocycles. The number of hydrogen-bond donors (Lipinski definition) is 3. The summed E-state index contributed by atoms with van der Waals surface area (Å²) in [6.07, 6.45) is 3.82. The third-order valence-electron chi connectivity index (χ3n) is 4.98. The molecule has 1 aliphatic rings. The highest BCUT2D eigenvalue weighted by molar-refractivity contribution is 5.86. The minimum Gasteiger partial charge on any atom is -0.494 e. The van der Waals surface area contributed by atoms with Gasteiger partial charge >= 0.3 is 0 Å². The maximum Gasteiger partial charge on any atom is 0.202 e. The number of aryl methyl sites for hydroxylation is 2. The highest BCUT2D eigenvalue weighted by Gasteiger charge is 2.25. The standard InChI is InChI=1S/C18H20N2O2/c1-10-11(2)19-16-8-7-12(9-15(10)16)20-17(21)13-5-3-4-6-14(13)18(20)22/h7-9,19,21-22H,3-6H2,1-2H3. The van der Waals surface area contributed by atoms with Gasteiger partial charge in [0.05, 0.1) is 5.69 Å². The predicted octanol–water partition coefficient (Wildman–Crippen LogP) is 3.87. The highest BCUT2D eigenvalue weighted by Crippen LogP contribution is 2.41. The Bertz CT molecular complexity index is 857. The lowest BCUT2D eigenvalue weighted by atomic mass is 9.95. The first-order valence-electron chi connectivity index (χ1n) is 7.81. The zero-order valence-electron chi connectivity index (χ0n) is 12.9. The van der Waals surface area contributed by atoms with Gasteiger partial charge in [-0.25, -0.2) is 0 Å². The van der Waals surface area contributed by atoms with Crippen molar-refractivity contribution in [1.82, 2.24) is 9.55 Å². The normalized spacial score (nSPS) is 14.5. The van der Waals surface area contributed by atoms with Crippen molar-refractivity contribution in [2.24, 2.45) is 0 Å². The molecule has 22 heavy (non-hydrogen) atoms. The van der Waals surface area contributed by atoms with E-state index in [-0.39, 0.29) is 11.8 Å². The summed E-state index contributed by atoms with van der Waals surface area (Å²) in [5.74, 6) is 0.382. The summed E-state index contributed by atoms with van der Waals surface area (Å²) in [5.41, 5.74) is 6.05. The number of rotatable bonds is 1. The second-order valence-corrected chi connectivity index (χ2v) is 6.25. The molecule has 0 unspecified atom stereocenters. The molecule has 4 rings (SSSR count). The van der Waals surface area contributed by atoms with Crippen LogP contribution in [0.15, 0.2) is 18.2 Å². The van der Waals surface area contributed by atoms with E-state index in [9.17, 15) is 10.2 Å². The number of aromatic hydroxyl groups is 2. The maximum atomic E-state index is 10.6. The summed E-state index contributed by atoms with van der Waals surface area (Å²) in [4.78, 5) is 3.35. The summed E-state index contributed by atoms with van der Waals surface area (Å²) < 4.78 is 1.58. The van der Waals surface area contributed by atoms with Crippen LogP contribution in [-0.2, 0) is 12.8 Å². The molecule has 4 nitrogen and oxygen atoms in total. The number of hydrogen-bond acceptors (Lipinski definition) is 2. The van der Waals surface area contributed by atoms with Crippen molar-refractivity contribution < 1.29 is 10.2 Å². The van der Waals surface area contributed by atoms with Gasteiger partial charge in [0.15, 0.2) is 0 Å². The Morgan fingerprint density at radius 1 is 1.00 bits per heavy atom. The second-order valence-electron chi connectivity index (χ2n) is 6.25. The lowest BCUT2D eigenvalue weighted by Gasteiger charge is -2.09. The minimum atomic E-state index is 0.191. The third-order valence-corrected chi connectivity index (χ3v) is 4.98. The zero-order valence-corrected chi connectivity index (χ0v) is 12.9. The molecule has 2 heterocycles. The molecule has 0 saturated carbocycles. The molecule has 0 aliphatic heterocycles. The average Bonchev–Trinajstić information content (AvgIpc) is 2.95. The molecule has 114 valence electrons. The lowest BCUT2D eigenvalue weighted by Crippen LogP contribution is -1.98. The molecular formula is C18H20N2O2. The zero-order chi connectivity index (χ0) is 15.4. The van der Waals surface area contributed by atoms with Crippen LogP contribution in [0.4, 0.5) is 0 Å². The number of nitrogens with one attached hydrogen (secondary N) is 1. The third kappa shape index (κ3) is 1.70. The number of aromatic nitrogens is 2. The second kappa shape index (κ2) is 4.57. The van der Waals surface area contributed by atoms with Gasteiger partial charge < -0.3 is 15.2 Å². The van der Waals surface area contributed by atoms with Crippen LogP contribution in [0.5, 0.6) is 11.8 Å². The number of nitrogens with zero attached hydrogens (tertiary/aromatic N) is 1. The molecule has 0 atom stereocenters. The fourth-order valence-corrected chi connectivity index (χ4v) is 3.60. The predicted molar refractivity (Wildman–Crippen MR) is 87.1 cm³/mol. The molecule has 4 heteroatoms. The van der Waals surface area contributed by atoms with Crippen LogP contribution in [0.25, 0.3) is 16.6 Å². The molecule has 0 spiro atoms. The van der Waals surface area contributed by atoms with Crippen LogP contribution in [0, 0.1) is 13.8 Å². The van der Waals surface area contributed by atoms with Crippen LogP contribution < -0.4 is 0 Å². The molecular weight excluding hydrogens is 276 g/mol. The fourth-order valence-electron chi connectivity index (χ4n) is 3.60. The van der Waals surface area contributed by atoms with Gasteiger partial charge in [-0.15, -0.1) is 0 Å². The lowest BCUT2D eigenvalue weighted by molar-refractivity contribution is 0.399. The molecule has 1 aliphatic carbocycles. The van der Waals surface area contributed by atoms with E-state index in [0.717, 1.165) is 59.1 Å². The van der Waals surface area contributed by atoms with Gasteiger partial charge in [-0.2, -0.15) is 0 Å². The Kier molecular flexibility index (Phi) is 2.76.